The van der Waals surface area contributed by atoms with Gasteiger partial charge >= 0.3 is 17.9 Å². The number of nitrogens with zero attached hydrogens (tertiary/aromatic N) is 2. The van der Waals surface area contributed by atoms with Crippen LogP contribution in [0.3, 0.4) is 0 Å². The summed E-state index contributed by atoms with van der Waals surface area (Å²) in [5, 5.41) is 22.6. The number of hydrogen-bond donors (Lipinski definition) is 2. The smallest absolute Gasteiger partial charge is 0.344 e. The molecule has 0 aliphatic carbocycles. The predicted molar refractivity (Wildman–Crippen MR) is 80.7 cm³/mol. The first-order chi connectivity index (χ1) is 10.9. The maximum Gasteiger partial charge on any atom is 0.344 e. The van der Waals surface area contributed by atoms with Gasteiger partial charge in [0, 0.05) is 6.20 Å². The molecule has 23 heavy (non-hydrogen) atoms. The lowest BCUT2D eigenvalue weighted by Crippen LogP contribution is -2.25. The van der Waals surface area contributed by atoms with Crippen LogP contribution in [0.5, 0.6) is 0 Å². The molecule has 1 aromatic rings. The standard InChI is InChI=1S/C15H16N2O6/c1-2-23-13(18)10-17(9-12(14(19)20)15(21)22)16-8-11-6-4-3-5-7-11/h3-9H,2,10H2,1H3,(H,19,20)(H,21,22). The zero-order chi connectivity index (χ0) is 17.2. The molecule has 0 radical (unpaired) electrons. The molecule has 122 valence electrons. The number of hydrazone groups is 1. The van der Waals surface area contributed by atoms with Crippen LogP contribution >= 0.6 is 0 Å². The number of carboxylic acid groups (broad SMARTS) is 2. The number of carbonyl (C=O) groups is 3. The fourth-order valence-electron chi connectivity index (χ4n) is 1.49. The minimum absolute atomic E-state index is 0.142. The summed E-state index contributed by atoms with van der Waals surface area (Å²) in [5.41, 5.74) is -0.221. The number of esters is 1. The summed E-state index contributed by atoms with van der Waals surface area (Å²) in [6, 6.07) is 8.83. The Hall–Kier alpha value is -3.16. The second-order valence-electron chi connectivity index (χ2n) is 4.21. The molecule has 0 fully saturated rings. The molecule has 0 unspecified atom stereocenters. The summed E-state index contributed by atoms with van der Waals surface area (Å²) in [7, 11) is 0. The normalized spacial score (nSPS) is 10.1. The molecule has 2 N–H and O–H groups in total. The summed E-state index contributed by atoms with van der Waals surface area (Å²) in [4.78, 5) is 33.4. The summed E-state index contributed by atoms with van der Waals surface area (Å²) in [6.45, 7) is 1.34. The molecule has 0 aliphatic rings. The van der Waals surface area contributed by atoms with E-state index in [0.717, 1.165) is 11.2 Å². The molecule has 1 aromatic carbocycles. The minimum Gasteiger partial charge on any atom is -0.477 e. The van der Waals surface area contributed by atoms with Crippen molar-refractivity contribution in [3.63, 3.8) is 0 Å². The van der Waals surface area contributed by atoms with Crippen LogP contribution in [0.1, 0.15) is 12.5 Å². The average molecular weight is 320 g/mol. The van der Waals surface area contributed by atoms with Gasteiger partial charge in [-0.05, 0) is 12.5 Å². The van der Waals surface area contributed by atoms with Crippen molar-refractivity contribution in [3.05, 3.63) is 47.7 Å². The SMILES string of the molecule is CCOC(=O)CN(C=C(C(=O)O)C(=O)O)N=Cc1ccccc1. The molecule has 0 bridgehead atoms. The summed E-state index contributed by atoms with van der Waals surface area (Å²) in [6.07, 6.45) is 2.14. The highest BCUT2D eigenvalue weighted by Gasteiger charge is 2.19. The second-order valence-corrected chi connectivity index (χ2v) is 4.21. The fourth-order valence-corrected chi connectivity index (χ4v) is 1.49. The summed E-state index contributed by atoms with van der Waals surface area (Å²) < 4.78 is 4.75. The Labute approximate surface area is 132 Å². The van der Waals surface area contributed by atoms with E-state index in [2.05, 4.69) is 5.10 Å². The Kier molecular flexibility index (Phi) is 6.99. The van der Waals surface area contributed by atoms with Gasteiger partial charge in [0.2, 0.25) is 0 Å². The van der Waals surface area contributed by atoms with Crippen LogP contribution in [0.4, 0.5) is 0 Å². The molecule has 0 saturated carbocycles. The third-order valence-corrected chi connectivity index (χ3v) is 2.49. The Balaban J connectivity index is 3.03. The van der Waals surface area contributed by atoms with Gasteiger partial charge < -0.3 is 14.9 Å². The first-order valence-corrected chi connectivity index (χ1v) is 6.63. The van der Waals surface area contributed by atoms with E-state index in [-0.39, 0.29) is 6.61 Å². The van der Waals surface area contributed by atoms with Crippen LogP contribution in [0, 0.1) is 0 Å². The zero-order valence-corrected chi connectivity index (χ0v) is 12.4. The molecule has 0 heterocycles. The first kappa shape index (κ1) is 17.9. The van der Waals surface area contributed by atoms with E-state index in [1.54, 1.807) is 37.3 Å². The monoisotopic (exact) mass is 320 g/mol. The lowest BCUT2D eigenvalue weighted by atomic mass is 10.2. The predicted octanol–water partition coefficient (Wildman–Crippen LogP) is 0.939. The van der Waals surface area contributed by atoms with Gasteiger partial charge in [-0.15, -0.1) is 0 Å². The largest absolute Gasteiger partial charge is 0.477 e. The summed E-state index contributed by atoms with van der Waals surface area (Å²) in [5.74, 6) is -3.94. The molecular weight excluding hydrogens is 304 g/mol. The third kappa shape index (κ3) is 6.42. The van der Waals surface area contributed by atoms with Crippen LogP contribution in [0.15, 0.2) is 47.2 Å². The van der Waals surface area contributed by atoms with Gasteiger partial charge in [0.05, 0.1) is 12.8 Å². The molecule has 0 amide bonds. The van der Waals surface area contributed by atoms with E-state index in [9.17, 15) is 14.4 Å². The lowest BCUT2D eigenvalue weighted by molar-refractivity contribution is -0.145. The van der Waals surface area contributed by atoms with E-state index in [4.69, 9.17) is 14.9 Å². The molecule has 8 nitrogen and oxygen atoms in total. The minimum atomic E-state index is -1.64. The van der Waals surface area contributed by atoms with Crippen LogP contribution in [-0.4, -0.2) is 52.5 Å². The van der Waals surface area contributed by atoms with Crippen molar-refractivity contribution in [2.75, 3.05) is 13.2 Å². The molecule has 1 rings (SSSR count). The average Bonchev–Trinajstić information content (AvgIpc) is 2.50. The maximum atomic E-state index is 11.5. The fraction of sp³-hybridized carbons (Fsp3) is 0.200. The summed E-state index contributed by atoms with van der Waals surface area (Å²) >= 11 is 0. The third-order valence-electron chi connectivity index (χ3n) is 2.49. The van der Waals surface area contributed by atoms with Crippen LogP contribution in [0.2, 0.25) is 0 Å². The van der Waals surface area contributed by atoms with E-state index in [1.807, 2.05) is 0 Å². The van der Waals surface area contributed by atoms with Gasteiger partial charge in [-0.25, -0.2) is 9.59 Å². The van der Waals surface area contributed by atoms with E-state index >= 15 is 0 Å². The number of aliphatic carboxylic acids is 2. The quantitative estimate of drug-likeness (QED) is 0.183. The first-order valence-electron chi connectivity index (χ1n) is 6.63. The van der Waals surface area contributed by atoms with E-state index in [1.165, 1.54) is 6.21 Å². The van der Waals surface area contributed by atoms with Crippen molar-refractivity contribution in [2.45, 2.75) is 6.92 Å². The van der Waals surface area contributed by atoms with Crippen LogP contribution < -0.4 is 0 Å². The van der Waals surface area contributed by atoms with Gasteiger partial charge in [0.25, 0.3) is 0 Å². The van der Waals surface area contributed by atoms with Crippen molar-refractivity contribution in [1.29, 1.82) is 0 Å². The molecule has 0 spiro atoms. The Morgan fingerprint density at radius 1 is 1.17 bits per heavy atom. The van der Waals surface area contributed by atoms with Crippen molar-refractivity contribution in [1.82, 2.24) is 5.01 Å². The highest BCUT2D eigenvalue weighted by Crippen LogP contribution is 2.03. The highest BCUT2D eigenvalue weighted by atomic mass is 16.5. The van der Waals surface area contributed by atoms with Crippen LogP contribution in [-0.2, 0) is 19.1 Å². The highest BCUT2D eigenvalue weighted by molar-refractivity contribution is 6.12. The maximum absolute atomic E-state index is 11.5. The molecule has 8 heteroatoms. The number of carboxylic acids is 2. The van der Waals surface area contributed by atoms with Crippen molar-refractivity contribution < 1.29 is 29.3 Å². The Morgan fingerprint density at radius 2 is 1.78 bits per heavy atom. The van der Waals surface area contributed by atoms with Gasteiger partial charge in [-0.1, -0.05) is 30.3 Å². The molecule has 0 atom stereocenters. The van der Waals surface area contributed by atoms with Gasteiger partial charge in [-0.2, -0.15) is 5.10 Å². The van der Waals surface area contributed by atoms with Crippen LogP contribution in [0.25, 0.3) is 0 Å². The van der Waals surface area contributed by atoms with Crippen molar-refractivity contribution in [3.8, 4) is 0 Å². The van der Waals surface area contributed by atoms with E-state index < -0.39 is 30.0 Å². The lowest BCUT2D eigenvalue weighted by Gasteiger charge is -2.13. The Morgan fingerprint density at radius 3 is 2.30 bits per heavy atom. The van der Waals surface area contributed by atoms with Crippen molar-refractivity contribution in [2.24, 2.45) is 5.10 Å². The number of rotatable bonds is 8. The number of hydrogen-bond acceptors (Lipinski definition) is 6. The molecular formula is C15H16N2O6. The van der Waals surface area contributed by atoms with Gasteiger partial charge in [-0.3, -0.25) is 9.80 Å². The van der Waals surface area contributed by atoms with Crippen molar-refractivity contribution >= 4 is 24.1 Å². The van der Waals surface area contributed by atoms with Gasteiger partial charge in [0.1, 0.15) is 6.54 Å². The Bertz CT molecular complexity index is 608. The molecule has 0 saturated heterocycles. The molecule has 0 aliphatic heterocycles. The van der Waals surface area contributed by atoms with Gasteiger partial charge in [0.15, 0.2) is 5.57 Å². The topological polar surface area (TPSA) is 116 Å². The second kappa shape index (κ2) is 8.98. The number of benzene rings is 1. The number of carbonyl (C=O) groups excluding carboxylic acids is 1. The zero-order valence-electron chi connectivity index (χ0n) is 12.4. The number of ether oxygens (including phenoxy) is 1. The van der Waals surface area contributed by atoms with E-state index in [0.29, 0.717) is 5.56 Å². The molecule has 0 aromatic heterocycles.